The largest absolute Gasteiger partial charge is 0.440 e. The van der Waals surface area contributed by atoms with Gasteiger partial charge >= 0.3 is 0 Å². The quantitative estimate of drug-likeness (QED) is 0.684. The van der Waals surface area contributed by atoms with Gasteiger partial charge in [0.1, 0.15) is 17.4 Å². The first-order chi connectivity index (χ1) is 13.6. The topological polar surface area (TPSA) is 76.1 Å². The molecule has 1 atom stereocenters. The highest BCUT2D eigenvalue weighted by atomic mass is 16.5. The van der Waals surface area contributed by atoms with Crippen LogP contribution in [0.5, 0.6) is 5.75 Å². The van der Waals surface area contributed by atoms with Crippen molar-refractivity contribution in [2.45, 2.75) is 12.8 Å². The van der Waals surface area contributed by atoms with Gasteiger partial charge < -0.3 is 10.5 Å². The molecular weight excluding hydrogens is 348 g/mol. The maximum absolute atomic E-state index is 11.3. The minimum atomic E-state index is -0.342. The predicted molar refractivity (Wildman–Crippen MR) is 109 cm³/mol. The number of benzene rings is 3. The van der Waals surface area contributed by atoms with Crippen LogP contribution in [0.3, 0.4) is 0 Å². The van der Waals surface area contributed by atoms with Crippen molar-refractivity contribution in [3.63, 3.8) is 0 Å². The molecule has 0 bridgehead atoms. The van der Waals surface area contributed by atoms with Gasteiger partial charge in [0.25, 0.3) is 0 Å². The Morgan fingerprint density at radius 2 is 1.96 bits per heavy atom. The lowest BCUT2D eigenvalue weighted by Crippen LogP contribution is -2.21. The Balaban J connectivity index is 1.96. The Morgan fingerprint density at radius 1 is 1.14 bits per heavy atom. The van der Waals surface area contributed by atoms with E-state index in [1.807, 2.05) is 60.7 Å². The average molecular weight is 366 g/mol. The SMILES string of the molecule is CC(=O)/C=C/c1cccc(C2C(C#N)=C(N)Oc3ccc4ccccc4c32)c1. The highest BCUT2D eigenvalue weighted by molar-refractivity contribution is 5.92. The van der Waals surface area contributed by atoms with E-state index in [9.17, 15) is 10.1 Å². The number of carbonyl (C=O) groups excluding carboxylic acids is 1. The molecule has 4 heteroatoms. The maximum atomic E-state index is 11.3. The van der Waals surface area contributed by atoms with E-state index in [2.05, 4.69) is 6.07 Å². The van der Waals surface area contributed by atoms with Crippen molar-refractivity contribution in [2.75, 3.05) is 0 Å². The van der Waals surface area contributed by atoms with Gasteiger partial charge in [-0.15, -0.1) is 0 Å². The van der Waals surface area contributed by atoms with Crippen molar-refractivity contribution in [2.24, 2.45) is 5.73 Å². The minimum Gasteiger partial charge on any atom is -0.440 e. The van der Waals surface area contributed by atoms with E-state index in [4.69, 9.17) is 10.5 Å². The van der Waals surface area contributed by atoms with Crippen molar-refractivity contribution in [1.29, 1.82) is 5.26 Å². The van der Waals surface area contributed by atoms with Crippen molar-refractivity contribution >= 4 is 22.6 Å². The smallest absolute Gasteiger partial charge is 0.205 e. The van der Waals surface area contributed by atoms with E-state index in [1.165, 1.54) is 13.0 Å². The molecule has 1 heterocycles. The molecule has 0 amide bonds. The summed E-state index contributed by atoms with van der Waals surface area (Å²) in [5, 5.41) is 11.9. The number of fused-ring (bicyclic) bond motifs is 3. The lowest BCUT2D eigenvalue weighted by Gasteiger charge is -2.28. The zero-order chi connectivity index (χ0) is 19.7. The molecule has 0 saturated carbocycles. The van der Waals surface area contributed by atoms with Gasteiger partial charge in [-0.3, -0.25) is 4.79 Å². The number of rotatable bonds is 3. The molecule has 2 N–H and O–H groups in total. The van der Waals surface area contributed by atoms with E-state index in [-0.39, 0.29) is 17.6 Å². The summed E-state index contributed by atoms with van der Waals surface area (Å²) in [4.78, 5) is 11.3. The van der Waals surface area contributed by atoms with Crippen molar-refractivity contribution < 1.29 is 9.53 Å². The van der Waals surface area contributed by atoms with Crippen LogP contribution in [-0.2, 0) is 4.79 Å². The summed E-state index contributed by atoms with van der Waals surface area (Å²) in [5.41, 5.74) is 9.21. The van der Waals surface area contributed by atoms with Gasteiger partial charge in [-0.25, -0.2) is 0 Å². The molecule has 1 aliphatic rings. The van der Waals surface area contributed by atoms with Gasteiger partial charge in [0.2, 0.25) is 5.88 Å². The number of hydrogen-bond donors (Lipinski definition) is 1. The van der Waals surface area contributed by atoms with Gasteiger partial charge in [-0.05, 0) is 41.0 Å². The third-order valence-corrected chi connectivity index (χ3v) is 4.87. The van der Waals surface area contributed by atoms with Crippen LogP contribution in [0.2, 0.25) is 0 Å². The number of nitrogens with two attached hydrogens (primary N) is 1. The summed E-state index contributed by atoms with van der Waals surface area (Å²) in [7, 11) is 0. The molecule has 3 aromatic carbocycles. The standard InChI is InChI=1S/C24H18N2O2/c1-15(27)9-10-16-5-4-7-18(13-16)22-20(14-25)24(26)28-21-12-11-17-6-2-3-8-19(17)23(21)22/h2-13,22H,26H2,1H3/b10-9+. The Kier molecular flexibility index (Phi) is 4.42. The molecule has 0 fully saturated rings. The summed E-state index contributed by atoms with van der Waals surface area (Å²) in [5.74, 6) is 0.421. The molecule has 1 unspecified atom stereocenters. The molecule has 0 aromatic heterocycles. The number of hydrogen-bond acceptors (Lipinski definition) is 4. The second-order valence-corrected chi connectivity index (χ2v) is 6.74. The molecule has 1 aliphatic heterocycles. The van der Waals surface area contributed by atoms with Gasteiger partial charge in [-0.2, -0.15) is 5.26 Å². The maximum Gasteiger partial charge on any atom is 0.205 e. The molecule has 0 aliphatic carbocycles. The van der Waals surface area contributed by atoms with Crippen LogP contribution in [-0.4, -0.2) is 5.78 Å². The Bertz CT molecular complexity index is 1200. The van der Waals surface area contributed by atoms with Crippen LogP contribution in [0.25, 0.3) is 16.8 Å². The van der Waals surface area contributed by atoms with Crippen LogP contribution < -0.4 is 10.5 Å². The van der Waals surface area contributed by atoms with Crippen molar-refractivity contribution in [1.82, 2.24) is 0 Å². The average Bonchev–Trinajstić information content (AvgIpc) is 2.71. The first kappa shape index (κ1) is 17.6. The van der Waals surface area contributed by atoms with Crippen LogP contribution in [0.1, 0.15) is 29.5 Å². The Hall–Kier alpha value is -3.84. The number of ether oxygens (including phenoxy) is 1. The summed E-state index contributed by atoms with van der Waals surface area (Å²) in [6.45, 7) is 1.51. The highest BCUT2D eigenvalue weighted by Gasteiger charge is 2.32. The van der Waals surface area contributed by atoms with Crippen LogP contribution in [0, 0.1) is 11.3 Å². The van der Waals surface area contributed by atoms with Gasteiger partial charge in [0.15, 0.2) is 5.78 Å². The monoisotopic (exact) mass is 366 g/mol. The van der Waals surface area contributed by atoms with E-state index >= 15 is 0 Å². The van der Waals surface area contributed by atoms with Crippen molar-refractivity contribution in [3.8, 4) is 11.8 Å². The van der Waals surface area contributed by atoms with Crippen LogP contribution in [0.4, 0.5) is 0 Å². The molecule has 28 heavy (non-hydrogen) atoms. The summed E-state index contributed by atoms with van der Waals surface area (Å²) < 4.78 is 5.78. The lowest BCUT2D eigenvalue weighted by molar-refractivity contribution is -0.112. The lowest BCUT2D eigenvalue weighted by atomic mass is 9.80. The third kappa shape index (κ3) is 3.04. The molecule has 136 valence electrons. The molecule has 0 saturated heterocycles. The number of allylic oxidation sites excluding steroid dienone is 2. The van der Waals surface area contributed by atoms with Gasteiger partial charge in [0, 0.05) is 5.56 Å². The highest BCUT2D eigenvalue weighted by Crippen LogP contribution is 2.45. The van der Waals surface area contributed by atoms with Gasteiger partial charge in [-0.1, -0.05) is 60.7 Å². The number of carbonyl (C=O) groups is 1. The zero-order valence-corrected chi connectivity index (χ0v) is 15.3. The fourth-order valence-electron chi connectivity index (χ4n) is 3.63. The molecule has 4 nitrogen and oxygen atoms in total. The molecule has 0 radical (unpaired) electrons. The summed E-state index contributed by atoms with van der Waals surface area (Å²) >= 11 is 0. The number of ketones is 1. The second-order valence-electron chi connectivity index (χ2n) is 6.74. The normalized spacial score (nSPS) is 15.9. The van der Waals surface area contributed by atoms with E-state index in [0.29, 0.717) is 11.3 Å². The molecule has 3 aromatic rings. The first-order valence-electron chi connectivity index (χ1n) is 8.96. The van der Waals surface area contributed by atoms with E-state index in [1.54, 1.807) is 6.08 Å². The Morgan fingerprint density at radius 3 is 2.75 bits per heavy atom. The fourth-order valence-corrected chi connectivity index (χ4v) is 3.63. The van der Waals surface area contributed by atoms with E-state index in [0.717, 1.165) is 27.5 Å². The number of nitrogens with zero attached hydrogens (tertiary/aromatic N) is 1. The minimum absolute atomic E-state index is 0.0188. The third-order valence-electron chi connectivity index (χ3n) is 4.87. The molecule has 0 spiro atoms. The van der Waals surface area contributed by atoms with Crippen molar-refractivity contribution in [3.05, 3.63) is 94.9 Å². The summed E-state index contributed by atoms with van der Waals surface area (Å²) in [6.07, 6.45) is 3.30. The summed E-state index contributed by atoms with van der Waals surface area (Å²) in [6, 6.07) is 21.9. The molecule has 4 rings (SSSR count). The zero-order valence-electron chi connectivity index (χ0n) is 15.3. The Labute approximate surface area is 163 Å². The first-order valence-corrected chi connectivity index (χ1v) is 8.96. The van der Waals surface area contributed by atoms with Crippen LogP contribution >= 0.6 is 0 Å². The fraction of sp³-hybridized carbons (Fsp3) is 0.0833. The van der Waals surface area contributed by atoms with Crippen LogP contribution in [0.15, 0.2) is 78.2 Å². The number of nitriles is 1. The molecular formula is C24H18N2O2. The predicted octanol–water partition coefficient (Wildman–Crippen LogP) is 4.66. The second kappa shape index (κ2) is 7.05. The van der Waals surface area contributed by atoms with Gasteiger partial charge in [0.05, 0.1) is 5.92 Å². The van der Waals surface area contributed by atoms with E-state index < -0.39 is 0 Å².